The van der Waals surface area contributed by atoms with E-state index in [0.717, 1.165) is 18.2 Å². The number of aliphatic hydroxyl groups excluding tert-OH is 1. The van der Waals surface area contributed by atoms with Crippen LogP contribution in [0.25, 0.3) is 0 Å². The van der Waals surface area contributed by atoms with Crippen molar-refractivity contribution < 1.29 is 18.6 Å². The van der Waals surface area contributed by atoms with Crippen LogP contribution in [0.5, 0.6) is 5.75 Å². The fraction of sp³-hybridized carbons (Fsp3) is 0.250. The molecule has 0 aliphatic heterocycles. The maximum Gasteiger partial charge on any atom is 0.126 e. The van der Waals surface area contributed by atoms with Gasteiger partial charge >= 0.3 is 0 Å². The van der Waals surface area contributed by atoms with Crippen LogP contribution in [0, 0.1) is 11.6 Å². The Bertz CT molecular complexity index is 577. The summed E-state index contributed by atoms with van der Waals surface area (Å²) >= 11 is 0. The third-order valence-corrected chi connectivity index (χ3v) is 2.75. The molecule has 20 heavy (non-hydrogen) atoms. The maximum atomic E-state index is 13.2. The second-order valence-electron chi connectivity index (χ2n) is 4.84. The Morgan fingerprint density at radius 3 is 2.20 bits per heavy atom. The van der Waals surface area contributed by atoms with Gasteiger partial charge in [-0.3, -0.25) is 0 Å². The van der Waals surface area contributed by atoms with Crippen molar-refractivity contribution in [3.8, 4) is 5.75 Å². The van der Waals surface area contributed by atoms with E-state index in [1.165, 1.54) is 0 Å². The molecule has 0 aliphatic carbocycles. The van der Waals surface area contributed by atoms with Crippen molar-refractivity contribution in [2.24, 2.45) is 0 Å². The van der Waals surface area contributed by atoms with Crippen LogP contribution < -0.4 is 4.74 Å². The minimum absolute atomic E-state index is 0.00834. The smallest absolute Gasteiger partial charge is 0.126 e. The van der Waals surface area contributed by atoms with Crippen LogP contribution in [0.2, 0.25) is 0 Å². The number of hydrogen-bond acceptors (Lipinski definition) is 2. The summed E-state index contributed by atoms with van der Waals surface area (Å²) < 4.78 is 31.9. The molecule has 0 saturated carbocycles. The molecular formula is C16H16F2O2. The van der Waals surface area contributed by atoms with E-state index in [1.807, 2.05) is 13.8 Å². The van der Waals surface area contributed by atoms with Crippen molar-refractivity contribution in [1.82, 2.24) is 0 Å². The molecule has 0 fully saturated rings. The van der Waals surface area contributed by atoms with Gasteiger partial charge in [-0.05, 0) is 49.2 Å². The van der Waals surface area contributed by atoms with Gasteiger partial charge in [-0.25, -0.2) is 8.78 Å². The van der Waals surface area contributed by atoms with Crippen molar-refractivity contribution in [2.75, 3.05) is 0 Å². The molecular weight excluding hydrogens is 262 g/mol. The molecule has 0 aliphatic rings. The van der Waals surface area contributed by atoms with Crippen molar-refractivity contribution >= 4 is 0 Å². The highest BCUT2D eigenvalue weighted by Gasteiger charge is 2.14. The Labute approximate surface area is 116 Å². The molecule has 0 aromatic heterocycles. The lowest BCUT2D eigenvalue weighted by molar-refractivity contribution is 0.215. The Balaban J connectivity index is 2.30. The molecule has 1 N–H and O–H groups in total. The third-order valence-electron chi connectivity index (χ3n) is 2.75. The monoisotopic (exact) mass is 278 g/mol. The van der Waals surface area contributed by atoms with Gasteiger partial charge in [0.2, 0.25) is 0 Å². The Hall–Kier alpha value is -1.94. The fourth-order valence-electron chi connectivity index (χ4n) is 1.96. The molecule has 0 spiro atoms. The lowest BCUT2D eigenvalue weighted by atomic mass is 10.0. The summed E-state index contributed by atoms with van der Waals surface area (Å²) in [5.41, 5.74) is 0.692. The minimum Gasteiger partial charge on any atom is -0.491 e. The molecule has 4 heteroatoms. The second kappa shape index (κ2) is 6.01. The van der Waals surface area contributed by atoms with Crippen LogP contribution in [0.15, 0.2) is 42.5 Å². The van der Waals surface area contributed by atoms with Gasteiger partial charge in [0.1, 0.15) is 23.5 Å². The predicted molar refractivity (Wildman–Crippen MR) is 72.6 cm³/mol. The SMILES string of the molecule is CC(C)Oc1cccc(C(O)c2cc(F)cc(F)c2)c1. The lowest BCUT2D eigenvalue weighted by Crippen LogP contribution is -2.07. The van der Waals surface area contributed by atoms with Gasteiger partial charge < -0.3 is 9.84 Å². The normalized spacial score (nSPS) is 12.5. The fourth-order valence-corrected chi connectivity index (χ4v) is 1.96. The summed E-state index contributed by atoms with van der Waals surface area (Å²) in [6, 6.07) is 9.84. The van der Waals surface area contributed by atoms with Gasteiger partial charge in [-0.1, -0.05) is 12.1 Å². The van der Waals surface area contributed by atoms with E-state index in [2.05, 4.69) is 0 Å². The summed E-state index contributed by atoms with van der Waals surface area (Å²) in [6.07, 6.45) is -1.09. The summed E-state index contributed by atoms with van der Waals surface area (Å²) in [7, 11) is 0. The lowest BCUT2D eigenvalue weighted by Gasteiger charge is -2.15. The molecule has 0 radical (unpaired) electrons. The van der Waals surface area contributed by atoms with Crippen LogP contribution in [0.4, 0.5) is 8.78 Å². The zero-order valence-corrected chi connectivity index (χ0v) is 11.3. The number of rotatable bonds is 4. The van der Waals surface area contributed by atoms with E-state index in [4.69, 9.17) is 4.74 Å². The molecule has 1 unspecified atom stereocenters. The molecule has 2 aromatic rings. The van der Waals surface area contributed by atoms with E-state index in [9.17, 15) is 13.9 Å². The molecule has 0 heterocycles. The zero-order chi connectivity index (χ0) is 14.7. The van der Waals surface area contributed by atoms with E-state index in [-0.39, 0.29) is 11.7 Å². The van der Waals surface area contributed by atoms with Gasteiger partial charge in [0, 0.05) is 6.07 Å². The van der Waals surface area contributed by atoms with Crippen LogP contribution >= 0.6 is 0 Å². The molecule has 2 rings (SSSR count). The van der Waals surface area contributed by atoms with Crippen molar-refractivity contribution in [1.29, 1.82) is 0 Å². The quantitative estimate of drug-likeness (QED) is 0.921. The minimum atomic E-state index is -1.10. The Morgan fingerprint density at radius 1 is 0.950 bits per heavy atom. The molecule has 1 atom stereocenters. The summed E-state index contributed by atoms with van der Waals surface area (Å²) in [6.45, 7) is 3.79. The first-order valence-electron chi connectivity index (χ1n) is 6.36. The number of halogens is 2. The highest BCUT2D eigenvalue weighted by Crippen LogP contribution is 2.26. The second-order valence-corrected chi connectivity index (χ2v) is 4.84. The van der Waals surface area contributed by atoms with Gasteiger partial charge in [-0.2, -0.15) is 0 Å². The van der Waals surface area contributed by atoms with Crippen LogP contribution in [-0.2, 0) is 0 Å². The van der Waals surface area contributed by atoms with E-state index in [0.29, 0.717) is 11.3 Å². The highest BCUT2D eigenvalue weighted by molar-refractivity contribution is 5.35. The molecule has 0 bridgehead atoms. The first-order valence-corrected chi connectivity index (χ1v) is 6.36. The number of aliphatic hydroxyl groups is 1. The average molecular weight is 278 g/mol. The zero-order valence-electron chi connectivity index (χ0n) is 11.3. The number of ether oxygens (including phenoxy) is 1. The molecule has 2 nitrogen and oxygen atoms in total. The first-order chi connectivity index (χ1) is 9.45. The van der Waals surface area contributed by atoms with E-state index < -0.39 is 17.7 Å². The summed E-state index contributed by atoms with van der Waals surface area (Å²) in [5.74, 6) is -0.823. The standard InChI is InChI=1S/C16H16F2O2/c1-10(2)20-15-5-3-4-11(8-15)16(19)12-6-13(17)9-14(18)7-12/h3-10,16,19H,1-2H3. The van der Waals surface area contributed by atoms with E-state index in [1.54, 1.807) is 24.3 Å². The van der Waals surface area contributed by atoms with Crippen molar-refractivity contribution in [3.63, 3.8) is 0 Å². The van der Waals surface area contributed by atoms with Gasteiger partial charge in [0.15, 0.2) is 0 Å². The maximum absolute atomic E-state index is 13.2. The van der Waals surface area contributed by atoms with Crippen LogP contribution in [-0.4, -0.2) is 11.2 Å². The van der Waals surface area contributed by atoms with Crippen LogP contribution in [0.1, 0.15) is 31.1 Å². The predicted octanol–water partition coefficient (Wildman–Crippen LogP) is 3.83. The molecule has 106 valence electrons. The molecule has 0 amide bonds. The van der Waals surface area contributed by atoms with Crippen molar-refractivity contribution in [3.05, 3.63) is 65.2 Å². The van der Waals surface area contributed by atoms with E-state index >= 15 is 0 Å². The topological polar surface area (TPSA) is 29.5 Å². The van der Waals surface area contributed by atoms with Gasteiger partial charge in [0.05, 0.1) is 6.10 Å². The first kappa shape index (κ1) is 14.5. The Morgan fingerprint density at radius 2 is 1.60 bits per heavy atom. The van der Waals surface area contributed by atoms with Crippen molar-refractivity contribution in [2.45, 2.75) is 26.1 Å². The van der Waals surface area contributed by atoms with Gasteiger partial charge in [-0.15, -0.1) is 0 Å². The molecule has 0 saturated heterocycles. The van der Waals surface area contributed by atoms with Crippen LogP contribution in [0.3, 0.4) is 0 Å². The summed E-state index contributed by atoms with van der Waals surface area (Å²) in [5, 5.41) is 10.2. The Kier molecular flexibility index (Phi) is 4.35. The largest absolute Gasteiger partial charge is 0.491 e. The number of benzene rings is 2. The number of hydrogen-bond donors (Lipinski definition) is 1. The third kappa shape index (κ3) is 3.54. The average Bonchev–Trinajstić information content (AvgIpc) is 2.36. The van der Waals surface area contributed by atoms with Gasteiger partial charge in [0.25, 0.3) is 0 Å². The highest BCUT2D eigenvalue weighted by atomic mass is 19.1. The summed E-state index contributed by atoms with van der Waals surface area (Å²) in [4.78, 5) is 0. The molecule has 2 aromatic carbocycles.